The third kappa shape index (κ3) is 2.78. The first-order valence-electron chi connectivity index (χ1n) is 6.80. The van der Waals surface area contributed by atoms with Gasteiger partial charge in [0.15, 0.2) is 0 Å². The molecule has 0 radical (unpaired) electrons. The van der Waals surface area contributed by atoms with Crippen molar-refractivity contribution in [1.29, 1.82) is 0 Å². The molecule has 1 saturated heterocycles. The number of carbonyl (C=O) groups is 1. The van der Waals surface area contributed by atoms with Crippen LogP contribution < -0.4 is 4.90 Å². The van der Waals surface area contributed by atoms with Crippen LogP contribution in [-0.4, -0.2) is 31.4 Å². The highest BCUT2D eigenvalue weighted by Gasteiger charge is 2.24. The molecule has 1 aliphatic heterocycles. The third-order valence-electron chi connectivity index (χ3n) is 3.73. The Bertz CT molecular complexity index is 473. The molecule has 104 valence electrons. The number of rotatable bonds is 4. The van der Waals surface area contributed by atoms with Crippen LogP contribution in [0.15, 0.2) is 18.2 Å². The van der Waals surface area contributed by atoms with Crippen LogP contribution in [0.4, 0.5) is 10.1 Å². The highest BCUT2D eigenvalue weighted by molar-refractivity contribution is 5.95. The smallest absolute Gasteiger partial charge is 0.227 e. The van der Waals surface area contributed by atoms with Crippen LogP contribution in [-0.2, 0) is 4.79 Å². The summed E-state index contributed by atoms with van der Waals surface area (Å²) >= 11 is 0. The first-order chi connectivity index (χ1) is 9.04. The Hall–Kier alpha value is -1.42. The number of hydrogen-bond donors (Lipinski definition) is 0. The van der Waals surface area contributed by atoms with Crippen molar-refractivity contribution in [3.8, 4) is 0 Å². The topological polar surface area (TPSA) is 23.6 Å². The number of amides is 1. The van der Waals surface area contributed by atoms with E-state index in [9.17, 15) is 9.18 Å². The molecular weight excluding hydrogens is 243 g/mol. The lowest BCUT2D eigenvalue weighted by molar-refractivity contribution is -0.117. The maximum absolute atomic E-state index is 14.2. The minimum absolute atomic E-state index is 0.0197. The molecule has 1 aliphatic rings. The van der Waals surface area contributed by atoms with Gasteiger partial charge in [0.05, 0.1) is 5.69 Å². The summed E-state index contributed by atoms with van der Waals surface area (Å²) in [5, 5.41) is 0. The molecule has 0 N–H and O–H groups in total. The first-order valence-corrected chi connectivity index (χ1v) is 6.80. The molecule has 1 heterocycles. The van der Waals surface area contributed by atoms with E-state index in [1.54, 1.807) is 17.0 Å². The van der Waals surface area contributed by atoms with Gasteiger partial charge in [0, 0.05) is 19.0 Å². The zero-order valence-corrected chi connectivity index (χ0v) is 11.8. The van der Waals surface area contributed by atoms with Crippen LogP contribution in [0.5, 0.6) is 0 Å². The predicted octanol–water partition coefficient (Wildman–Crippen LogP) is 2.97. The molecule has 0 aromatic heterocycles. The largest absolute Gasteiger partial charge is 0.310 e. The fourth-order valence-corrected chi connectivity index (χ4v) is 2.75. The van der Waals surface area contributed by atoms with Gasteiger partial charge >= 0.3 is 0 Å². The number of halogens is 1. The highest BCUT2D eigenvalue weighted by Crippen LogP contribution is 2.29. The summed E-state index contributed by atoms with van der Waals surface area (Å²) in [4.78, 5) is 15.3. The Morgan fingerprint density at radius 3 is 2.63 bits per heavy atom. The Labute approximate surface area is 114 Å². The highest BCUT2D eigenvalue weighted by atomic mass is 19.1. The van der Waals surface area contributed by atoms with Crippen molar-refractivity contribution in [2.75, 3.05) is 25.5 Å². The van der Waals surface area contributed by atoms with E-state index in [4.69, 9.17) is 0 Å². The predicted molar refractivity (Wildman–Crippen MR) is 74.7 cm³/mol. The fraction of sp³-hybridized carbons (Fsp3) is 0.533. The van der Waals surface area contributed by atoms with E-state index < -0.39 is 0 Å². The zero-order valence-electron chi connectivity index (χ0n) is 11.8. The lowest BCUT2D eigenvalue weighted by Crippen LogP contribution is -2.25. The lowest BCUT2D eigenvalue weighted by Gasteiger charge is -2.24. The average Bonchev–Trinajstić information content (AvgIpc) is 2.76. The summed E-state index contributed by atoms with van der Waals surface area (Å²) in [7, 11) is 3.98. The Morgan fingerprint density at radius 2 is 2.16 bits per heavy atom. The zero-order chi connectivity index (χ0) is 14.0. The Balaban J connectivity index is 2.29. The van der Waals surface area contributed by atoms with Crippen molar-refractivity contribution in [3.05, 3.63) is 29.6 Å². The Kier molecular flexibility index (Phi) is 4.20. The summed E-state index contributed by atoms with van der Waals surface area (Å²) in [5.41, 5.74) is 1.38. The summed E-state index contributed by atoms with van der Waals surface area (Å²) in [5.74, 6) is -0.278. The summed E-state index contributed by atoms with van der Waals surface area (Å²) < 4.78 is 14.2. The molecule has 3 nitrogen and oxygen atoms in total. The Morgan fingerprint density at radius 1 is 1.42 bits per heavy atom. The molecule has 1 aromatic rings. The number of hydrogen-bond acceptors (Lipinski definition) is 2. The molecule has 1 unspecified atom stereocenters. The monoisotopic (exact) mass is 264 g/mol. The molecule has 1 fully saturated rings. The maximum atomic E-state index is 14.2. The molecule has 0 spiro atoms. The standard InChI is InChI=1S/C15H21FN2O/c1-4-13(17(2)3)11-7-8-14(12(16)10-11)18-9-5-6-15(18)19/h7-8,10,13H,4-6,9H2,1-3H3. The molecule has 1 amide bonds. The summed E-state index contributed by atoms with van der Waals surface area (Å²) in [6.45, 7) is 2.71. The van der Waals surface area contributed by atoms with E-state index >= 15 is 0 Å². The number of anilines is 1. The first kappa shape index (κ1) is 14.0. The van der Waals surface area contributed by atoms with Crippen LogP contribution in [0.25, 0.3) is 0 Å². The van der Waals surface area contributed by atoms with E-state index in [-0.39, 0.29) is 17.8 Å². The molecule has 0 bridgehead atoms. The molecule has 2 rings (SSSR count). The summed E-state index contributed by atoms with van der Waals surface area (Å²) in [6, 6.07) is 5.44. The van der Waals surface area contributed by atoms with E-state index in [1.165, 1.54) is 0 Å². The van der Waals surface area contributed by atoms with E-state index in [1.807, 2.05) is 20.2 Å². The normalized spacial score (nSPS) is 17.3. The van der Waals surface area contributed by atoms with Gasteiger partial charge in [-0.05, 0) is 44.6 Å². The minimum atomic E-state index is -0.298. The van der Waals surface area contributed by atoms with Crippen LogP contribution in [0.1, 0.15) is 37.8 Å². The van der Waals surface area contributed by atoms with Crippen LogP contribution in [0.3, 0.4) is 0 Å². The van der Waals surface area contributed by atoms with Crippen molar-refractivity contribution in [2.24, 2.45) is 0 Å². The average molecular weight is 264 g/mol. The van der Waals surface area contributed by atoms with Crippen LogP contribution >= 0.6 is 0 Å². The van der Waals surface area contributed by atoms with Crippen molar-refractivity contribution >= 4 is 11.6 Å². The van der Waals surface area contributed by atoms with Crippen LogP contribution in [0.2, 0.25) is 0 Å². The molecule has 1 atom stereocenters. The molecule has 1 aromatic carbocycles. The number of nitrogens with zero attached hydrogens (tertiary/aromatic N) is 2. The molecule has 0 aliphatic carbocycles. The van der Waals surface area contributed by atoms with E-state index in [0.29, 0.717) is 18.7 Å². The van der Waals surface area contributed by atoms with Crippen LogP contribution in [0, 0.1) is 5.82 Å². The van der Waals surface area contributed by atoms with Gasteiger partial charge in [-0.2, -0.15) is 0 Å². The maximum Gasteiger partial charge on any atom is 0.227 e. The van der Waals surface area contributed by atoms with Crippen molar-refractivity contribution in [2.45, 2.75) is 32.2 Å². The number of carbonyl (C=O) groups excluding carboxylic acids is 1. The van der Waals surface area contributed by atoms with Gasteiger partial charge in [0.2, 0.25) is 5.91 Å². The fourth-order valence-electron chi connectivity index (χ4n) is 2.75. The van der Waals surface area contributed by atoms with Gasteiger partial charge in [-0.15, -0.1) is 0 Å². The second-order valence-corrected chi connectivity index (χ2v) is 5.25. The third-order valence-corrected chi connectivity index (χ3v) is 3.73. The van der Waals surface area contributed by atoms with Gasteiger partial charge in [0.25, 0.3) is 0 Å². The van der Waals surface area contributed by atoms with Crippen molar-refractivity contribution in [3.63, 3.8) is 0 Å². The second-order valence-electron chi connectivity index (χ2n) is 5.25. The number of benzene rings is 1. The molecular formula is C15H21FN2O. The van der Waals surface area contributed by atoms with Gasteiger partial charge < -0.3 is 9.80 Å². The molecule has 0 saturated carbocycles. The SMILES string of the molecule is CCC(c1ccc(N2CCCC2=O)c(F)c1)N(C)C. The molecule has 19 heavy (non-hydrogen) atoms. The second kappa shape index (κ2) is 5.70. The minimum Gasteiger partial charge on any atom is -0.310 e. The summed E-state index contributed by atoms with van der Waals surface area (Å²) in [6.07, 6.45) is 2.26. The lowest BCUT2D eigenvalue weighted by atomic mass is 10.0. The van der Waals surface area contributed by atoms with Gasteiger partial charge in [-0.25, -0.2) is 4.39 Å². The van der Waals surface area contributed by atoms with Gasteiger partial charge in [0.1, 0.15) is 5.82 Å². The van der Waals surface area contributed by atoms with Crippen molar-refractivity contribution in [1.82, 2.24) is 4.90 Å². The van der Waals surface area contributed by atoms with Gasteiger partial charge in [-0.3, -0.25) is 4.79 Å². The quantitative estimate of drug-likeness (QED) is 0.834. The molecule has 4 heteroatoms. The van der Waals surface area contributed by atoms with Crippen molar-refractivity contribution < 1.29 is 9.18 Å². The van der Waals surface area contributed by atoms with Gasteiger partial charge in [-0.1, -0.05) is 13.0 Å². The van der Waals surface area contributed by atoms with E-state index in [0.717, 1.165) is 18.4 Å². The van der Waals surface area contributed by atoms with E-state index in [2.05, 4.69) is 11.8 Å².